The van der Waals surface area contributed by atoms with E-state index in [4.69, 9.17) is 0 Å². The predicted molar refractivity (Wildman–Crippen MR) is 106 cm³/mol. The molecule has 1 aromatic carbocycles. The quantitative estimate of drug-likeness (QED) is 0.582. The van der Waals surface area contributed by atoms with E-state index in [0.717, 1.165) is 37.2 Å². The van der Waals surface area contributed by atoms with Gasteiger partial charge in [0.05, 0.1) is 18.6 Å². The maximum Gasteiger partial charge on any atom is 0.247 e. The molecule has 0 aromatic heterocycles. The summed E-state index contributed by atoms with van der Waals surface area (Å²) in [5.74, 6) is -1.93. The van der Waals surface area contributed by atoms with Gasteiger partial charge < -0.3 is 21.3 Å². The summed E-state index contributed by atoms with van der Waals surface area (Å²) in [6, 6.07) is 2.64. The minimum Gasteiger partial charge on any atom is -0.349 e. The summed E-state index contributed by atoms with van der Waals surface area (Å²) in [4.78, 5) is 25.2. The van der Waals surface area contributed by atoms with Crippen molar-refractivity contribution in [2.75, 3.05) is 13.1 Å². The summed E-state index contributed by atoms with van der Waals surface area (Å²) in [6.45, 7) is 7.15. The molecule has 4 N–H and O–H groups in total. The number of benzene rings is 1. The van der Waals surface area contributed by atoms with Crippen molar-refractivity contribution < 1.29 is 18.4 Å². The highest BCUT2D eigenvalue weighted by atomic mass is 19.1. The largest absolute Gasteiger partial charge is 0.349 e. The Labute approximate surface area is 169 Å². The summed E-state index contributed by atoms with van der Waals surface area (Å²) < 4.78 is 27.1. The van der Waals surface area contributed by atoms with E-state index in [9.17, 15) is 18.4 Å². The highest BCUT2D eigenvalue weighted by Gasteiger charge is 2.40. The molecule has 2 aliphatic rings. The lowest BCUT2D eigenvalue weighted by Gasteiger charge is -2.43. The molecule has 1 saturated heterocycles. The third-order valence-electron chi connectivity index (χ3n) is 5.75. The zero-order valence-electron chi connectivity index (χ0n) is 16.9. The highest BCUT2D eigenvalue weighted by Crippen LogP contribution is 2.31. The molecular weight excluding hydrogens is 378 g/mol. The van der Waals surface area contributed by atoms with Crippen molar-refractivity contribution in [3.63, 3.8) is 0 Å². The van der Waals surface area contributed by atoms with Gasteiger partial charge in [-0.2, -0.15) is 0 Å². The average Bonchev–Trinajstić information content (AvgIpc) is 2.65. The lowest BCUT2D eigenvalue weighted by molar-refractivity contribution is -0.124. The molecule has 0 aliphatic carbocycles. The van der Waals surface area contributed by atoms with Crippen LogP contribution in [0.2, 0.25) is 0 Å². The van der Waals surface area contributed by atoms with Crippen molar-refractivity contribution in [3.8, 4) is 0 Å². The molecule has 2 heterocycles. The van der Waals surface area contributed by atoms with E-state index in [1.165, 1.54) is 6.07 Å². The SMILES string of the molecule is CCNC1NCCC2NC(=O)C(CC(=O)N[C@@H](C)c3ccc(F)cc3F)=C(C)C21. The number of amides is 2. The number of hydrogen-bond donors (Lipinski definition) is 4. The Hall–Kier alpha value is -2.32. The standard InChI is InChI=1S/C21H28F2N4O2/c1-4-24-20-19-11(2)15(21(29)27-17(19)7-8-25-20)10-18(28)26-12(3)14-6-5-13(22)9-16(14)23/h5-6,9,12,17,19-20,24-25H,4,7-8,10H2,1-3H3,(H,26,28)(H,27,29)/t12-,17?,19?,20?/m0/s1. The summed E-state index contributed by atoms with van der Waals surface area (Å²) in [5, 5.41) is 12.6. The molecule has 4 atom stereocenters. The summed E-state index contributed by atoms with van der Waals surface area (Å²) in [7, 11) is 0. The number of nitrogens with one attached hydrogen (secondary N) is 4. The van der Waals surface area contributed by atoms with Crippen molar-refractivity contribution in [2.24, 2.45) is 5.92 Å². The van der Waals surface area contributed by atoms with Crippen molar-refractivity contribution in [1.29, 1.82) is 0 Å². The first kappa shape index (κ1) is 21.4. The summed E-state index contributed by atoms with van der Waals surface area (Å²) >= 11 is 0. The Morgan fingerprint density at radius 1 is 1.34 bits per heavy atom. The maximum absolute atomic E-state index is 14.0. The molecule has 0 spiro atoms. The van der Waals surface area contributed by atoms with Gasteiger partial charge in [0.15, 0.2) is 0 Å². The normalized spacial score (nSPS) is 25.3. The van der Waals surface area contributed by atoms with Gasteiger partial charge in [0.1, 0.15) is 11.6 Å². The van der Waals surface area contributed by atoms with Crippen LogP contribution < -0.4 is 21.3 Å². The minimum absolute atomic E-state index is 0.0321. The fourth-order valence-electron chi connectivity index (χ4n) is 4.30. The first-order chi connectivity index (χ1) is 13.8. The van der Waals surface area contributed by atoms with Gasteiger partial charge in [0, 0.05) is 29.2 Å². The molecule has 0 radical (unpaired) electrons. The van der Waals surface area contributed by atoms with Crippen LogP contribution in [0.3, 0.4) is 0 Å². The number of halogens is 2. The van der Waals surface area contributed by atoms with E-state index in [0.29, 0.717) is 5.57 Å². The van der Waals surface area contributed by atoms with E-state index in [1.54, 1.807) is 6.92 Å². The van der Waals surface area contributed by atoms with Gasteiger partial charge in [0.25, 0.3) is 0 Å². The molecule has 0 bridgehead atoms. The van der Waals surface area contributed by atoms with Crippen LogP contribution in [-0.2, 0) is 9.59 Å². The van der Waals surface area contributed by atoms with Crippen molar-refractivity contribution in [2.45, 2.75) is 51.9 Å². The zero-order valence-corrected chi connectivity index (χ0v) is 16.9. The fraction of sp³-hybridized carbons (Fsp3) is 0.524. The van der Waals surface area contributed by atoms with Gasteiger partial charge in [0.2, 0.25) is 11.8 Å². The maximum atomic E-state index is 14.0. The molecule has 8 heteroatoms. The average molecular weight is 406 g/mol. The highest BCUT2D eigenvalue weighted by molar-refractivity contribution is 6.00. The predicted octanol–water partition coefficient (Wildman–Crippen LogP) is 1.89. The van der Waals surface area contributed by atoms with Crippen LogP contribution in [0.1, 0.15) is 45.2 Å². The van der Waals surface area contributed by atoms with Crippen molar-refractivity contribution in [3.05, 3.63) is 46.5 Å². The topological polar surface area (TPSA) is 82.3 Å². The van der Waals surface area contributed by atoms with Gasteiger partial charge in [-0.05, 0) is 39.4 Å². The molecule has 2 aliphatic heterocycles. The molecule has 2 amide bonds. The molecule has 158 valence electrons. The van der Waals surface area contributed by atoms with E-state index in [1.807, 2.05) is 13.8 Å². The monoisotopic (exact) mass is 406 g/mol. The van der Waals surface area contributed by atoms with Crippen LogP contribution in [-0.4, -0.2) is 37.1 Å². The fourth-order valence-corrected chi connectivity index (χ4v) is 4.30. The summed E-state index contributed by atoms with van der Waals surface area (Å²) in [6.07, 6.45) is 0.771. The van der Waals surface area contributed by atoms with Gasteiger partial charge >= 0.3 is 0 Å². The second-order valence-corrected chi connectivity index (χ2v) is 7.68. The van der Waals surface area contributed by atoms with Crippen LogP contribution in [0.5, 0.6) is 0 Å². The van der Waals surface area contributed by atoms with Crippen LogP contribution in [0, 0.1) is 17.6 Å². The molecule has 29 heavy (non-hydrogen) atoms. The van der Waals surface area contributed by atoms with Gasteiger partial charge in [-0.1, -0.05) is 18.6 Å². The number of fused-ring (bicyclic) bond motifs is 1. The molecule has 0 saturated carbocycles. The third-order valence-corrected chi connectivity index (χ3v) is 5.75. The Morgan fingerprint density at radius 3 is 2.79 bits per heavy atom. The number of carbonyl (C=O) groups excluding carboxylic acids is 2. The van der Waals surface area contributed by atoms with Gasteiger partial charge in [-0.25, -0.2) is 8.78 Å². The van der Waals surface area contributed by atoms with Crippen molar-refractivity contribution >= 4 is 11.8 Å². The molecule has 3 unspecified atom stereocenters. The number of rotatable bonds is 6. The smallest absolute Gasteiger partial charge is 0.247 e. The van der Waals surface area contributed by atoms with E-state index in [2.05, 4.69) is 21.3 Å². The second kappa shape index (κ2) is 9.00. The van der Waals surface area contributed by atoms with E-state index in [-0.39, 0.29) is 41.9 Å². The van der Waals surface area contributed by atoms with E-state index >= 15 is 0 Å². The third kappa shape index (κ3) is 4.64. The number of hydrogen-bond acceptors (Lipinski definition) is 4. The molecule has 6 nitrogen and oxygen atoms in total. The lowest BCUT2D eigenvalue weighted by Crippen LogP contribution is -2.62. The number of carbonyl (C=O) groups is 2. The van der Waals surface area contributed by atoms with Crippen molar-refractivity contribution in [1.82, 2.24) is 21.3 Å². The van der Waals surface area contributed by atoms with E-state index < -0.39 is 17.7 Å². The molecular formula is C21H28F2N4O2. The van der Waals surface area contributed by atoms with Gasteiger partial charge in [-0.15, -0.1) is 0 Å². The van der Waals surface area contributed by atoms with Gasteiger partial charge in [-0.3, -0.25) is 9.59 Å². The number of piperidine rings is 1. The second-order valence-electron chi connectivity index (χ2n) is 7.68. The Balaban J connectivity index is 1.74. The Bertz CT molecular complexity index is 825. The summed E-state index contributed by atoms with van der Waals surface area (Å²) in [5.41, 5.74) is 1.54. The first-order valence-electron chi connectivity index (χ1n) is 10.0. The minimum atomic E-state index is -0.715. The lowest BCUT2D eigenvalue weighted by atomic mass is 9.78. The van der Waals surface area contributed by atoms with Crippen LogP contribution in [0.4, 0.5) is 8.78 Å². The first-order valence-corrected chi connectivity index (χ1v) is 10.0. The molecule has 1 fully saturated rings. The molecule has 3 rings (SSSR count). The molecule has 1 aromatic rings. The Morgan fingerprint density at radius 2 is 2.10 bits per heavy atom. The van der Waals surface area contributed by atoms with Crippen LogP contribution in [0.25, 0.3) is 0 Å². The van der Waals surface area contributed by atoms with Crippen LogP contribution >= 0.6 is 0 Å². The van der Waals surface area contributed by atoms with Crippen LogP contribution in [0.15, 0.2) is 29.3 Å². The Kier molecular flexibility index (Phi) is 6.64. The zero-order chi connectivity index (χ0) is 21.1.